The zero-order chi connectivity index (χ0) is 17.7. The fourth-order valence-corrected chi connectivity index (χ4v) is 3.63. The van der Waals surface area contributed by atoms with Crippen molar-refractivity contribution in [3.63, 3.8) is 0 Å². The molecule has 4 aromatic rings. The molecule has 4 aromatic carbocycles. The fourth-order valence-electron chi connectivity index (χ4n) is 3.63. The quantitative estimate of drug-likeness (QED) is 0.368. The van der Waals surface area contributed by atoms with Gasteiger partial charge in [-0.1, -0.05) is 84.9 Å². The minimum Gasteiger partial charge on any atom is -0.870 e. The Bertz CT molecular complexity index is 842. The lowest BCUT2D eigenvalue weighted by Crippen LogP contribution is -2.38. The summed E-state index contributed by atoms with van der Waals surface area (Å²) >= 11 is 0. The Morgan fingerprint density at radius 1 is 0.407 bits per heavy atom. The zero-order valence-electron chi connectivity index (χ0n) is 15.1. The van der Waals surface area contributed by atoms with Gasteiger partial charge in [-0.05, 0) is 36.4 Å². The molecule has 0 atom stereocenters. The van der Waals surface area contributed by atoms with Crippen LogP contribution in [0.25, 0.3) is 0 Å². The Hall–Kier alpha value is -3.20. The number of quaternary nitrogens is 1. The van der Waals surface area contributed by atoms with E-state index < -0.39 is 0 Å². The molecule has 0 bridgehead atoms. The van der Waals surface area contributed by atoms with E-state index in [2.05, 4.69) is 121 Å². The molecule has 0 aliphatic carbocycles. The predicted molar refractivity (Wildman–Crippen MR) is 113 cm³/mol. The van der Waals surface area contributed by atoms with Crippen LogP contribution in [0.1, 0.15) is 5.56 Å². The summed E-state index contributed by atoms with van der Waals surface area (Å²) in [6.45, 7) is 0.860. The minimum absolute atomic E-state index is 0. The Morgan fingerprint density at radius 3 is 1.04 bits per heavy atom. The van der Waals surface area contributed by atoms with Gasteiger partial charge < -0.3 is 5.48 Å². The zero-order valence-corrected chi connectivity index (χ0v) is 15.1. The predicted octanol–water partition coefficient (Wildman–Crippen LogP) is 6.68. The van der Waals surface area contributed by atoms with Gasteiger partial charge in [-0.15, -0.1) is 0 Å². The van der Waals surface area contributed by atoms with Crippen molar-refractivity contribution < 1.29 is 5.48 Å². The van der Waals surface area contributed by atoms with Crippen molar-refractivity contribution in [2.24, 2.45) is 0 Å². The summed E-state index contributed by atoms with van der Waals surface area (Å²) < 4.78 is 0.659. The summed E-state index contributed by atoms with van der Waals surface area (Å²) in [5.74, 6) is 0. The second kappa shape index (κ2) is 8.45. The number of hydrogen-bond donors (Lipinski definition) is 0. The summed E-state index contributed by atoms with van der Waals surface area (Å²) in [4.78, 5) is 0. The van der Waals surface area contributed by atoms with Crippen molar-refractivity contribution in [3.05, 3.63) is 127 Å². The molecule has 1 N–H and O–H groups in total. The molecule has 0 aromatic heterocycles. The molecule has 0 aliphatic rings. The van der Waals surface area contributed by atoms with E-state index in [0.29, 0.717) is 4.48 Å². The maximum absolute atomic E-state index is 2.23. The number of nitrogens with zero attached hydrogens (tertiary/aromatic N) is 1. The van der Waals surface area contributed by atoms with Crippen molar-refractivity contribution in [3.8, 4) is 0 Å². The topological polar surface area (TPSA) is 30.0 Å². The number of para-hydroxylation sites is 3. The molecule has 0 unspecified atom stereocenters. The highest BCUT2D eigenvalue weighted by Crippen LogP contribution is 2.45. The lowest BCUT2D eigenvalue weighted by atomic mass is 10.1. The van der Waals surface area contributed by atoms with Gasteiger partial charge in [-0.3, -0.25) is 0 Å². The molecule has 0 heterocycles. The molecular formula is C25H23NO. The Labute approximate surface area is 160 Å². The van der Waals surface area contributed by atoms with E-state index in [1.807, 2.05) is 0 Å². The Kier molecular flexibility index (Phi) is 5.82. The highest BCUT2D eigenvalue weighted by atomic mass is 16.0. The third-order valence-corrected chi connectivity index (χ3v) is 4.85. The van der Waals surface area contributed by atoms with Crippen LogP contribution in [0.15, 0.2) is 121 Å². The van der Waals surface area contributed by atoms with E-state index in [0.717, 1.165) is 6.54 Å². The van der Waals surface area contributed by atoms with Gasteiger partial charge in [0, 0.05) is 5.56 Å². The molecule has 0 fully saturated rings. The van der Waals surface area contributed by atoms with Crippen LogP contribution in [-0.4, -0.2) is 5.48 Å². The smallest absolute Gasteiger partial charge is 0.143 e. The Morgan fingerprint density at radius 2 is 0.704 bits per heavy atom. The van der Waals surface area contributed by atoms with Gasteiger partial charge >= 0.3 is 0 Å². The van der Waals surface area contributed by atoms with E-state index in [4.69, 9.17) is 0 Å². The van der Waals surface area contributed by atoms with Crippen molar-refractivity contribution in [2.75, 3.05) is 0 Å². The summed E-state index contributed by atoms with van der Waals surface area (Å²) in [6, 6.07) is 43.1. The van der Waals surface area contributed by atoms with E-state index in [-0.39, 0.29) is 5.48 Å². The second-order valence-corrected chi connectivity index (χ2v) is 6.46. The van der Waals surface area contributed by atoms with Gasteiger partial charge in [0.1, 0.15) is 23.6 Å². The fraction of sp³-hybridized carbons (Fsp3) is 0.0400. The molecule has 0 spiro atoms. The molecular weight excluding hydrogens is 330 g/mol. The van der Waals surface area contributed by atoms with Gasteiger partial charge in [-0.2, -0.15) is 0 Å². The summed E-state index contributed by atoms with van der Waals surface area (Å²) in [5.41, 5.74) is 5.08. The monoisotopic (exact) mass is 353 g/mol. The highest BCUT2D eigenvalue weighted by molar-refractivity contribution is 5.70. The van der Waals surface area contributed by atoms with Gasteiger partial charge in [0.25, 0.3) is 0 Å². The van der Waals surface area contributed by atoms with Gasteiger partial charge in [-0.25, -0.2) is 4.48 Å². The first-order chi connectivity index (χ1) is 12.9. The van der Waals surface area contributed by atoms with Crippen molar-refractivity contribution in [1.82, 2.24) is 4.48 Å². The maximum atomic E-state index is 2.23. The molecule has 27 heavy (non-hydrogen) atoms. The van der Waals surface area contributed by atoms with Crippen LogP contribution >= 0.6 is 0 Å². The van der Waals surface area contributed by atoms with Crippen LogP contribution in [0.4, 0.5) is 17.1 Å². The maximum Gasteiger partial charge on any atom is 0.143 e. The number of rotatable bonds is 5. The third-order valence-electron chi connectivity index (χ3n) is 4.85. The second-order valence-electron chi connectivity index (χ2n) is 6.46. The summed E-state index contributed by atoms with van der Waals surface area (Å²) in [7, 11) is 0. The lowest BCUT2D eigenvalue weighted by molar-refractivity contribution is 0.512. The van der Waals surface area contributed by atoms with Crippen molar-refractivity contribution in [1.29, 1.82) is 0 Å². The summed E-state index contributed by atoms with van der Waals surface area (Å²) in [5, 5.41) is 0. The molecule has 4 rings (SSSR count). The van der Waals surface area contributed by atoms with Crippen molar-refractivity contribution >= 4 is 17.1 Å². The van der Waals surface area contributed by atoms with Crippen LogP contribution < -0.4 is 4.48 Å². The van der Waals surface area contributed by atoms with E-state index >= 15 is 0 Å². The van der Waals surface area contributed by atoms with Crippen molar-refractivity contribution in [2.45, 2.75) is 6.54 Å². The first-order valence-corrected chi connectivity index (χ1v) is 8.98. The molecule has 0 saturated heterocycles. The van der Waals surface area contributed by atoms with Crippen LogP contribution in [-0.2, 0) is 6.54 Å². The minimum atomic E-state index is 0. The Balaban J connectivity index is 0.00000210. The average molecular weight is 353 g/mol. The van der Waals surface area contributed by atoms with E-state index in [1.165, 1.54) is 22.6 Å². The largest absolute Gasteiger partial charge is 0.870 e. The van der Waals surface area contributed by atoms with E-state index in [1.54, 1.807) is 0 Å². The van der Waals surface area contributed by atoms with Crippen LogP contribution in [0.3, 0.4) is 0 Å². The van der Waals surface area contributed by atoms with E-state index in [9.17, 15) is 0 Å². The SMILES string of the molecule is [OH-].c1ccc(C[N+](c2ccccc2)(c2ccccc2)c2ccccc2)cc1. The number of hydrogen-bond acceptors (Lipinski definition) is 1. The molecule has 0 radical (unpaired) electrons. The number of benzene rings is 4. The summed E-state index contributed by atoms with van der Waals surface area (Å²) in [6.07, 6.45) is 0. The average Bonchev–Trinajstić information content (AvgIpc) is 2.75. The highest BCUT2D eigenvalue weighted by Gasteiger charge is 2.36. The van der Waals surface area contributed by atoms with Crippen LogP contribution in [0, 0.1) is 0 Å². The molecule has 2 heteroatoms. The molecule has 0 aliphatic heterocycles. The molecule has 0 amide bonds. The first kappa shape index (κ1) is 18.6. The van der Waals surface area contributed by atoms with Gasteiger partial charge in [0.2, 0.25) is 0 Å². The third kappa shape index (κ3) is 3.68. The molecule has 0 saturated carbocycles. The van der Waals surface area contributed by atoms with Crippen LogP contribution in [0.5, 0.6) is 0 Å². The standard InChI is InChI=1S/C25H22N.H2O/c1-5-13-22(14-6-1)21-26(23-15-7-2-8-16-23,24-17-9-3-10-18-24)25-19-11-4-12-20-25;/h1-20H,21H2;1H2/q+1;/p-1. The molecule has 134 valence electrons. The van der Waals surface area contributed by atoms with Gasteiger partial charge in [0.05, 0.1) is 0 Å². The molecule has 2 nitrogen and oxygen atoms in total. The van der Waals surface area contributed by atoms with Gasteiger partial charge in [0.15, 0.2) is 0 Å². The van der Waals surface area contributed by atoms with Crippen LogP contribution in [0.2, 0.25) is 0 Å². The first-order valence-electron chi connectivity index (χ1n) is 8.98. The normalized spacial score (nSPS) is 10.8. The lowest BCUT2D eigenvalue weighted by Gasteiger charge is -2.37.